The van der Waals surface area contributed by atoms with Gasteiger partial charge in [0.05, 0.1) is 0 Å². The normalized spacial score (nSPS) is 23.9. The van der Waals surface area contributed by atoms with E-state index < -0.39 is 12.3 Å². The Labute approximate surface area is 104 Å². The predicted molar refractivity (Wildman–Crippen MR) is 61.2 cm³/mol. The van der Waals surface area contributed by atoms with E-state index in [4.69, 9.17) is 0 Å². The molecule has 0 atom stereocenters. The van der Waals surface area contributed by atoms with Crippen LogP contribution in [0.25, 0.3) is 0 Å². The van der Waals surface area contributed by atoms with Gasteiger partial charge in [-0.15, -0.1) is 5.10 Å². The number of nitrogens with zero attached hydrogens (tertiary/aromatic N) is 2. The Bertz CT molecular complexity index is 392. The SMILES string of the molecule is O=C(NC1CCC(C(F)F)CC1)c1cccnn1. The summed E-state index contributed by atoms with van der Waals surface area (Å²) >= 11 is 0. The minimum Gasteiger partial charge on any atom is -0.348 e. The summed E-state index contributed by atoms with van der Waals surface area (Å²) in [5.74, 6) is -0.807. The third-order valence-electron chi connectivity index (χ3n) is 3.27. The summed E-state index contributed by atoms with van der Waals surface area (Å²) < 4.78 is 24.9. The van der Waals surface area contributed by atoms with Crippen LogP contribution in [0.2, 0.25) is 0 Å². The Morgan fingerprint density at radius 3 is 2.61 bits per heavy atom. The zero-order chi connectivity index (χ0) is 13.0. The van der Waals surface area contributed by atoms with E-state index >= 15 is 0 Å². The van der Waals surface area contributed by atoms with Crippen LogP contribution in [0.15, 0.2) is 18.3 Å². The molecule has 0 unspecified atom stereocenters. The maximum atomic E-state index is 12.5. The molecule has 1 heterocycles. The lowest BCUT2D eigenvalue weighted by molar-refractivity contribution is 0.0499. The highest BCUT2D eigenvalue weighted by Crippen LogP contribution is 2.29. The summed E-state index contributed by atoms with van der Waals surface area (Å²) in [6.45, 7) is 0. The van der Waals surface area contributed by atoms with Crippen LogP contribution in [-0.4, -0.2) is 28.6 Å². The highest BCUT2D eigenvalue weighted by molar-refractivity contribution is 5.92. The Morgan fingerprint density at radius 1 is 1.33 bits per heavy atom. The van der Waals surface area contributed by atoms with Crippen LogP contribution in [0, 0.1) is 5.92 Å². The van der Waals surface area contributed by atoms with Crippen LogP contribution in [0.4, 0.5) is 8.78 Å². The molecule has 4 nitrogen and oxygen atoms in total. The second kappa shape index (κ2) is 5.84. The maximum absolute atomic E-state index is 12.5. The summed E-state index contributed by atoms with van der Waals surface area (Å²) in [7, 11) is 0. The molecule has 1 amide bonds. The van der Waals surface area contributed by atoms with Crippen molar-refractivity contribution in [3.05, 3.63) is 24.0 Å². The van der Waals surface area contributed by atoms with Crippen molar-refractivity contribution >= 4 is 5.91 Å². The van der Waals surface area contributed by atoms with Gasteiger partial charge in [-0.1, -0.05) is 0 Å². The van der Waals surface area contributed by atoms with Crippen molar-refractivity contribution in [2.75, 3.05) is 0 Å². The van der Waals surface area contributed by atoms with Crippen LogP contribution in [0.3, 0.4) is 0 Å². The summed E-state index contributed by atoms with van der Waals surface area (Å²) in [5.41, 5.74) is 0.258. The fraction of sp³-hybridized carbons (Fsp3) is 0.583. The van der Waals surface area contributed by atoms with E-state index in [0.717, 1.165) is 0 Å². The number of carbonyl (C=O) groups is 1. The van der Waals surface area contributed by atoms with Crippen LogP contribution in [-0.2, 0) is 0 Å². The van der Waals surface area contributed by atoms with Gasteiger partial charge in [-0.25, -0.2) is 8.78 Å². The van der Waals surface area contributed by atoms with Crippen LogP contribution in [0.5, 0.6) is 0 Å². The fourth-order valence-electron chi connectivity index (χ4n) is 2.20. The van der Waals surface area contributed by atoms with E-state index in [-0.39, 0.29) is 17.6 Å². The number of carbonyl (C=O) groups excluding carboxylic acids is 1. The molecule has 1 aliphatic carbocycles. The minimum absolute atomic E-state index is 0.0329. The van der Waals surface area contributed by atoms with Gasteiger partial charge in [-0.05, 0) is 37.8 Å². The van der Waals surface area contributed by atoms with Crippen molar-refractivity contribution < 1.29 is 13.6 Å². The maximum Gasteiger partial charge on any atom is 0.272 e. The van der Waals surface area contributed by atoms with Crippen LogP contribution >= 0.6 is 0 Å². The van der Waals surface area contributed by atoms with Gasteiger partial charge in [0.15, 0.2) is 5.69 Å². The molecule has 0 spiro atoms. The van der Waals surface area contributed by atoms with Crippen molar-refractivity contribution in [1.29, 1.82) is 0 Å². The molecule has 18 heavy (non-hydrogen) atoms. The molecule has 1 aromatic rings. The van der Waals surface area contributed by atoms with Crippen molar-refractivity contribution in [1.82, 2.24) is 15.5 Å². The van der Waals surface area contributed by atoms with E-state index in [2.05, 4.69) is 15.5 Å². The van der Waals surface area contributed by atoms with Gasteiger partial charge in [0, 0.05) is 18.2 Å². The van der Waals surface area contributed by atoms with E-state index in [9.17, 15) is 13.6 Å². The molecule has 6 heteroatoms. The molecular weight excluding hydrogens is 240 g/mol. The monoisotopic (exact) mass is 255 g/mol. The Morgan fingerprint density at radius 2 is 2.06 bits per heavy atom. The molecule has 1 aromatic heterocycles. The average molecular weight is 255 g/mol. The number of hydrogen-bond donors (Lipinski definition) is 1. The molecule has 0 bridgehead atoms. The summed E-state index contributed by atoms with van der Waals surface area (Å²) in [5, 5.41) is 10.1. The molecule has 0 saturated heterocycles. The molecule has 0 aliphatic heterocycles. The van der Waals surface area contributed by atoms with Crippen LogP contribution in [0.1, 0.15) is 36.2 Å². The first-order valence-electron chi connectivity index (χ1n) is 6.03. The number of rotatable bonds is 3. The fourth-order valence-corrected chi connectivity index (χ4v) is 2.20. The second-order valence-corrected chi connectivity index (χ2v) is 4.53. The Balaban J connectivity index is 1.83. The van der Waals surface area contributed by atoms with Crippen molar-refractivity contribution in [3.63, 3.8) is 0 Å². The number of nitrogens with one attached hydrogen (secondary N) is 1. The first-order valence-corrected chi connectivity index (χ1v) is 6.03. The van der Waals surface area contributed by atoms with E-state index in [1.807, 2.05) is 0 Å². The quantitative estimate of drug-likeness (QED) is 0.899. The highest BCUT2D eigenvalue weighted by Gasteiger charge is 2.28. The number of hydrogen-bond acceptors (Lipinski definition) is 3. The van der Waals surface area contributed by atoms with Gasteiger partial charge in [0.25, 0.3) is 5.91 Å². The van der Waals surface area contributed by atoms with Gasteiger partial charge in [0.2, 0.25) is 6.43 Å². The van der Waals surface area contributed by atoms with Gasteiger partial charge in [-0.3, -0.25) is 4.79 Å². The van der Waals surface area contributed by atoms with E-state index in [1.165, 1.54) is 6.20 Å². The van der Waals surface area contributed by atoms with Gasteiger partial charge < -0.3 is 5.32 Å². The van der Waals surface area contributed by atoms with E-state index in [1.54, 1.807) is 12.1 Å². The minimum atomic E-state index is -2.25. The number of amides is 1. The summed E-state index contributed by atoms with van der Waals surface area (Å²) in [4.78, 5) is 11.8. The standard InChI is InChI=1S/C12H15F2N3O/c13-11(14)8-3-5-9(6-4-8)16-12(18)10-2-1-7-15-17-10/h1-2,7-9,11H,3-6H2,(H,16,18). The number of aromatic nitrogens is 2. The number of halogens is 2. The van der Waals surface area contributed by atoms with E-state index in [0.29, 0.717) is 25.7 Å². The average Bonchev–Trinajstić information content (AvgIpc) is 2.40. The van der Waals surface area contributed by atoms with Crippen molar-refractivity contribution in [3.8, 4) is 0 Å². The first-order chi connectivity index (χ1) is 8.66. The molecular formula is C12H15F2N3O. The molecule has 0 radical (unpaired) electrons. The lowest BCUT2D eigenvalue weighted by Gasteiger charge is -2.28. The lowest BCUT2D eigenvalue weighted by Crippen LogP contribution is -2.38. The Hall–Kier alpha value is -1.59. The third-order valence-corrected chi connectivity index (χ3v) is 3.27. The third kappa shape index (κ3) is 3.21. The lowest BCUT2D eigenvalue weighted by atomic mass is 9.86. The molecule has 2 rings (SSSR count). The predicted octanol–water partition coefficient (Wildman–Crippen LogP) is 2.03. The topological polar surface area (TPSA) is 54.9 Å². The van der Waals surface area contributed by atoms with Gasteiger partial charge in [0.1, 0.15) is 0 Å². The zero-order valence-electron chi connectivity index (χ0n) is 9.85. The van der Waals surface area contributed by atoms with Crippen LogP contribution < -0.4 is 5.32 Å². The van der Waals surface area contributed by atoms with Gasteiger partial charge >= 0.3 is 0 Å². The zero-order valence-corrected chi connectivity index (χ0v) is 9.85. The van der Waals surface area contributed by atoms with Gasteiger partial charge in [-0.2, -0.15) is 5.10 Å². The van der Waals surface area contributed by atoms with Crippen molar-refractivity contribution in [2.45, 2.75) is 38.2 Å². The Kier molecular flexibility index (Phi) is 4.17. The molecule has 1 fully saturated rings. The molecule has 1 saturated carbocycles. The first kappa shape index (κ1) is 12.9. The molecule has 98 valence electrons. The largest absolute Gasteiger partial charge is 0.348 e. The second-order valence-electron chi connectivity index (χ2n) is 4.53. The van der Waals surface area contributed by atoms with Crippen molar-refractivity contribution in [2.24, 2.45) is 5.92 Å². The highest BCUT2D eigenvalue weighted by atomic mass is 19.3. The molecule has 0 aromatic carbocycles. The summed E-state index contributed by atoms with van der Waals surface area (Å²) in [6, 6.07) is 3.18. The number of alkyl halides is 2. The smallest absolute Gasteiger partial charge is 0.272 e. The molecule has 1 N–H and O–H groups in total. The summed E-state index contributed by atoms with van der Waals surface area (Å²) in [6.07, 6.45) is 1.36. The molecule has 1 aliphatic rings.